The first kappa shape index (κ1) is 19.3. The van der Waals surface area contributed by atoms with Crippen LogP contribution in [0.25, 0.3) is 17.2 Å². The molecule has 0 aliphatic carbocycles. The fourth-order valence-corrected chi connectivity index (χ4v) is 2.71. The van der Waals surface area contributed by atoms with E-state index in [1.165, 1.54) is 25.3 Å². The number of methoxy groups -OCH3 is 1. The molecule has 0 amide bonds. The molecule has 0 saturated carbocycles. The lowest BCUT2D eigenvalue weighted by Gasteiger charge is -2.10. The number of benzene rings is 3. The lowest BCUT2D eigenvalue weighted by Crippen LogP contribution is -2.03. The van der Waals surface area contributed by atoms with Crippen molar-refractivity contribution in [1.29, 1.82) is 0 Å². The standard InChI is InChI=1S/C23H18F2O3/c1-27-22-15-16(8-14-21(22)28-23(24)25)7-13-20(26)19-11-9-18(10-12-19)17-5-3-2-4-6-17/h2-15,23H,1H3. The quantitative estimate of drug-likeness (QED) is 0.380. The predicted molar refractivity (Wildman–Crippen MR) is 105 cm³/mol. The highest BCUT2D eigenvalue weighted by Gasteiger charge is 2.10. The maximum atomic E-state index is 12.4. The number of carbonyl (C=O) groups excluding carboxylic acids is 1. The van der Waals surface area contributed by atoms with Gasteiger partial charge in [-0.1, -0.05) is 66.7 Å². The van der Waals surface area contributed by atoms with Gasteiger partial charge in [-0.3, -0.25) is 4.79 Å². The minimum absolute atomic E-state index is 0.0579. The SMILES string of the molecule is COc1cc(C=CC(=O)c2ccc(-c3ccccc3)cc2)ccc1OC(F)F. The first-order valence-corrected chi connectivity index (χ1v) is 8.57. The molecular formula is C23H18F2O3. The molecule has 0 aliphatic rings. The fraction of sp³-hybridized carbons (Fsp3) is 0.0870. The molecule has 0 heterocycles. The van der Waals surface area contributed by atoms with Gasteiger partial charge in [0.25, 0.3) is 0 Å². The van der Waals surface area contributed by atoms with Gasteiger partial charge in [0.1, 0.15) is 0 Å². The number of hydrogen-bond donors (Lipinski definition) is 0. The second-order valence-corrected chi connectivity index (χ2v) is 5.93. The van der Waals surface area contributed by atoms with E-state index < -0.39 is 6.61 Å². The van der Waals surface area contributed by atoms with Crippen LogP contribution in [0.2, 0.25) is 0 Å². The summed E-state index contributed by atoms with van der Waals surface area (Å²) in [4.78, 5) is 12.4. The average Bonchev–Trinajstić information content (AvgIpc) is 2.73. The molecule has 0 N–H and O–H groups in total. The Balaban J connectivity index is 1.73. The van der Waals surface area contributed by atoms with E-state index in [2.05, 4.69) is 4.74 Å². The second-order valence-electron chi connectivity index (χ2n) is 5.93. The molecule has 142 valence electrons. The molecule has 0 saturated heterocycles. The van der Waals surface area contributed by atoms with Crippen molar-refractivity contribution >= 4 is 11.9 Å². The molecule has 5 heteroatoms. The minimum Gasteiger partial charge on any atom is -0.493 e. The second kappa shape index (κ2) is 8.95. The first-order valence-electron chi connectivity index (χ1n) is 8.57. The first-order chi connectivity index (χ1) is 13.6. The van der Waals surface area contributed by atoms with Crippen LogP contribution in [0, 0.1) is 0 Å². The Morgan fingerprint density at radius 3 is 2.21 bits per heavy atom. The Hall–Kier alpha value is -3.47. The third-order valence-corrected chi connectivity index (χ3v) is 4.11. The number of hydrogen-bond acceptors (Lipinski definition) is 3. The van der Waals surface area contributed by atoms with Crippen LogP contribution in [0.15, 0.2) is 78.9 Å². The van der Waals surface area contributed by atoms with Gasteiger partial charge >= 0.3 is 6.61 Å². The number of alkyl halides is 2. The summed E-state index contributed by atoms with van der Waals surface area (Å²) in [5.74, 6) is -0.0499. The van der Waals surface area contributed by atoms with Gasteiger partial charge in [-0.05, 0) is 34.9 Å². The number of carbonyl (C=O) groups is 1. The summed E-state index contributed by atoms with van der Waals surface area (Å²) in [7, 11) is 1.36. The van der Waals surface area contributed by atoms with Crippen LogP contribution >= 0.6 is 0 Å². The summed E-state index contributed by atoms with van der Waals surface area (Å²) in [6.07, 6.45) is 3.03. The topological polar surface area (TPSA) is 35.5 Å². The summed E-state index contributed by atoms with van der Waals surface area (Å²) in [6.45, 7) is -2.93. The fourth-order valence-electron chi connectivity index (χ4n) is 2.71. The molecule has 28 heavy (non-hydrogen) atoms. The van der Waals surface area contributed by atoms with E-state index in [0.29, 0.717) is 11.1 Å². The van der Waals surface area contributed by atoms with Gasteiger partial charge in [-0.2, -0.15) is 8.78 Å². The lowest BCUT2D eigenvalue weighted by atomic mass is 10.0. The Bertz CT molecular complexity index is 965. The van der Waals surface area contributed by atoms with Crippen LogP contribution in [-0.4, -0.2) is 19.5 Å². The van der Waals surface area contributed by atoms with Crippen molar-refractivity contribution in [1.82, 2.24) is 0 Å². The summed E-state index contributed by atoms with van der Waals surface area (Å²) in [5.41, 5.74) is 3.30. The van der Waals surface area contributed by atoms with Crippen LogP contribution in [0.3, 0.4) is 0 Å². The number of rotatable bonds is 7. The normalized spacial score (nSPS) is 11.0. The Morgan fingerprint density at radius 2 is 1.57 bits per heavy atom. The molecule has 0 aromatic heterocycles. The van der Waals surface area contributed by atoms with Gasteiger partial charge in [0.2, 0.25) is 0 Å². The average molecular weight is 380 g/mol. The van der Waals surface area contributed by atoms with E-state index in [1.54, 1.807) is 24.3 Å². The van der Waals surface area contributed by atoms with Gasteiger partial charge < -0.3 is 9.47 Å². The largest absolute Gasteiger partial charge is 0.493 e. The zero-order chi connectivity index (χ0) is 19.9. The molecule has 3 nitrogen and oxygen atoms in total. The van der Waals surface area contributed by atoms with Crippen molar-refractivity contribution in [2.45, 2.75) is 6.61 Å². The summed E-state index contributed by atoms with van der Waals surface area (Å²) in [6, 6.07) is 21.7. The number of halogens is 2. The Morgan fingerprint density at radius 1 is 0.893 bits per heavy atom. The van der Waals surface area contributed by atoms with Crippen LogP contribution in [0.1, 0.15) is 15.9 Å². The summed E-state index contributed by atoms with van der Waals surface area (Å²) < 4.78 is 34.2. The van der Waals surface area contributed by atoms with Crippen molar-refractivity contribution in [2.75, 3.05) is 7.11 Å². The van der Waals surface area contributed by atoms with Crippen molar-refractivity contribution in [2.24, 2.45) is 0 Å². The Kier molecular flexibility index (Phi) is 6.17. The van der Waals surface area contributed by atoms with E-state index >= 15 is 0 Å². The Labute approximate surface area is 161 Å². The number of allylic oxidation sites excluding steroid dienone is 1. The monoisotopic (exact) mass is 380 g/mol. The van der Waals surface area contributed by atoms with Crippen LogP contribution in [-0.2, 0) is 0 Å². The number of ketones is 1. The highest BCUT2D eigenvalue weighted by molar-refractivity contribution is 6.07. The smallest absolute Gasteiger partial charge is 0.387 e. The zero-order valence-electron chi connectivity index (χ0n) is 15.1. The van der Waals surface area contributed by atoms with Gasteiger partial charge in [0.15, 0.2) is 17.3 Å². The van der Waals surface area contributed by atoms with Crippen molar-refractivity contribution in [3.05, 3.63) is 90.0 Å². The third kappa shape index (κ3) is 4.82. The molecule has 0 spiro atoms. The maximum Gasteiger partial charge on any atom is 0.387 e. The predicted octanol–water partition coefficient (Wildman–Crippen LogP) is 5.86. The van der Waals surface area contributed by atoms with Gasteiger partial charge in [0, 0.05) is 5.56 Å². The minimum atomic E-state index is -2.93. The molecule has 0 bridgehead atoms. The van der Waals surface area contributed by atoms with E-state index in [-0.39, 0.29) is 17.3 Å². The van der Waals surface area contributed by atoms with Crippen LogP contribution in [0.4, 0.5) is 8.78 Å². The van der Waals surface area contributed by atoms with Crippen molar-refractivity contribution in [3.8, 4) is 22.6 Å². The van der Waals surface area contributed by atoms with Gasteiger partial charge in [-0.15, -0.1) is 0 Å². The van der Waals surface area contributed by atoms with Crippen molar-refractivity contribution in [3.63, 3.8) is 0 Å². The molecule has 0 atom stereocenters. The molecule has 0 fully saturated rings. The number of ether oxygens (including phenoxy) is 2. The highest BCUT2D eigenvalue weighted by atomic mass is 19.3. The molecular weight excluding hydrogens is 362 g/mol. The summed E-state index contributed by atoms with van der Waals surface area (Å²) >= 11 is 0. The molecule has 0 unspecified atom stereocenters. The third-order valence-electron chi connectivity index (χ3n) is 4.11. The van der Waals surface area contributed by atoms with Gasteiger partial charge in [0.05, 0.1) is 7.11 Å². The van der Waals surface area contributed by atoms with Gasteiger partial charge in [-0.25, -0.2) is 0 Å². The van der Waals surface area contributed by atoms with E-state index in [1.807, 2.05) is 42.5 Å². The van der Waals surface area contributed by atoms with E-state index in [9.17, 15) is 13.6 Å². The molecule has 3 aromatic carbocycles. The lowest BCUT2D eigenvalue weighted by molar-refractivity contribution is -0.0512. The van der Waals surface area contributed by atoms with E-state index in [4.69, 9.17) is 4.74 Å². The molecule has 3 aromatic rings. The highest BCUT2D eigenvalue weighted by Crippen LogP contribution is 2.30. The molecule has 0 radical (unpaired) electrons. The molecule has 0 aliphatic heterocycles. The maximum absolute atomic E-state index is 12.4. The van der Waals surface area contributed by atoms with Crippen LogP contribution in [0.5, 0.6) is 11.5 Å². The van der Waals surface area contributed by atoms with E-state index in [0.717, 1.165) is 11.1 Å². The molecule has 3 rings (SSSR count). The zero-order valence-corrected chi connectivity index (χ0v) is 15.1. The van der Waals surface area contributed by atoms with Crippen LogP contribution < -0.4 is 9.47 Å². The summed E-state index contributed by atoms with van der Waals surface area (Å²) in [5, 5.41) is 0. The van der Waals surface area contributed by atoms with Crippen molar-refractivity contribution < 1.29 is 23.0 Å².